The van der Waals surface area contributed by atoms with E-state index in [1.54, 1.807) is 66.7 Å². The molecule has 2 heterocycles. The fourth-order valence-electron chi connectivity index (χ4n) is 4.22. The van der Waals surface area contributed by atoms with Gasteiger partial charge in [-0.2, -0.15) is 4.57 Å². The standard InChI is InChI=1S/C31H22ClN6O4PS/c32-28-17-15-25(42-43(39,40-23-10-3-1-4-11-23)41-24-12-5-2-6-13-24)19-27(28)31-36-35-30-18-16-26(21-38(30)31)44-29-14-8-7-9-22(29)20-34-37-33/h1-19,21H,20H2. The average molecular weight is 641 g/mol. The Balaban J connectivity index is 1.33. The van der Waals surface area contributed by atoms with E-state index in [-0.39, 0.29) is 12.3 Å². The molecule has 0 saturated heterocycles. The number of aromatic nitrogens is 3. The lowest BCUT2D eigenvalue weighted by Gasteiger charge is -2.20. The maximum absolute atomic E-state index is 14.0. The summed E-state index contributed by atoms with van der Waals surface area (Å²) in [5.74, 6) is 1.27. The molecule has 0 bridgehead atoms. The predicted octanol–water partition coefficient (Wildman–Crippen LogP) is 9.66. The third-order valence-electron chi connectivity index (χ3n) is 6.20. The van der Waals surface area contributed by atoms with Crippen LogP contribution >= 0.6 is 31.2 Å². The van der Waals surface area contributed by atoms with Gasteiger partial charge < -0.3 is 13.6 Å². The molecule has 0 radical (unpaired) electrons. The van der Waals surface area contributed by atoms with E-state index in [1.807, 2.05) is 59.1 Å². The Labute approximate surface area is 261 Å². The normalized spacial score (nSPS) is 11.1. The lowest BCUT2D eigenvalue weighted by Crippen LogP contribution is -2.07. The van der Waals surface area contributed by atoms with Gasteiger partial charge in [0.1, 0.15) is 17.2 Å². The van der Waals surface area contributed by atoms with Crippen molar-refractivity contribution < 1.29 is 18.1 Å². The van der Waals surface area contributed by atoms with E-state index in [4.69, 9.17) is 30.7 Å². The number of rotatable bonds is 11. The van der Waals surface area contributed by atoms with E-state index in [1.165, 1.54) is 11.8 Å². The molecule has 0 aliphatic carbocycles. The first-order valence-corrected chi connectivity index (χ1v) is 15.9. The molecular weight excluding hydrogens is 619 g/mol. The van der Waals surface area contributed by atoms with Gasteiger partial charge in [0, 0.05) is 26.5 Å². The fraction of sp³-hybridized carbons (Fsp3) is 0.0323. The Morgan fingerprint density at radius 2 is 1.48 bits per heavy atom. The van der Waals surface area contributed by atoms with Crippen molar-refractivity contribution >= 4 is 36.8 Å². The SMILES string of the molecule is [N-]=[N+]=NCc1ccccc1Sc1ccc2nnc(-c3cc(OP(=O)(Oc4ccccc4)Oc4ccccc4)ccc3Cl)n2c1. The maximum Gasteiger partial charge on any atom is 0.647 e. The first kappa shape index (κ1) is 29.2. The zero-order valence-corrected chi connectivity index (χ0v) is 25.3. The molecule has 6 aromatic rings. The van der Waals surface area contributed by atoms with Gasteiger partial charge >= 0.3 is 7.82 Å². The number of hydrogen-bond acceptors (Lipinski definition) is 8. The third kappa shape index (κ3) is 6.83. The molecule has 0 aliphatic heterocycles. The van der Waals surface area contributed by atoms with Crippen LogP contribution in [-0.2, 0) is 11.1 Å². The highest BCUT2D eigenvalue weighted by Crippen LogP contribution is 2.50. The van der Waals surface area contributed by atoms with Crippen LogP contribution in [0, 0.1) is 0 Å². The molecule has 44 heavy (non-hydrogen) atoms. The summed E-state index contributed by atoms with van der Waals surface area (Å²) in [5.41, 5.74) is 10.8. The van der Waals surface area contributed by atoms with E-state index in [0.717, 1.165) is 15.4 Å². The van der Waals surface area contributed by atoms with E-state index < -0.39 is 7.82 Å². The Morgan fingerprint density at radius 3 is 2.18 bits per heavy atom. The fourth-order valence-corrected chi connectivity index (χ4v) is 6.63. The summed E-state index contributed by atoms with van der Waals surface area (Å²) in [6.07, 6.45) is 1.89. The molecule has 0 spiro atoms. The minimum absolute atomic E-state index is 0.189. The van der Waals surface area contributed by atoms with Gasteiger partial charge in [-0.25, -0.2) is 0 Å². The second-order valence-corrected chi connectivity index (χ2v) is 12.2. The topological polar surface area (TPSA) is 124 Å². The molecule has 0 aliphatic rings. The minimum atomic E-state index is -4.22. The van der Waals surface area contributed by atoms with Crippen LogP contribution in [0.1, 0.15) is 5.56 Å². The monoisotopic (exact) mass is 640 g/mol. The maximum atomic E-state index is 14.0. The molecule has 10 nitrogen and oxygen atoms in total. The second kappa shape index (κ2) is 13.2. The van der Waals surface area contributed by atoms with Crippen LogP contribution in [0.2, 0.25) is 5.02 Å². The Bertz CT molecular complexity index is 1980. The number of pyridine rings is 1. The van der Waals surface area contributed by atoms with Crippen LogP contribution in [0.15, 0.2) is 136 Å². The van der Waals surface area contributed by atoms with E-state index >= 15 is 0 Å². The minimum Gasteiger partial charge on any atom is -0.386 e. The summed E-state index contributed by atoms with van der Waals surface area (Å²) >= 11 is 8.16. The molecule has 0 amide bonds. The Hall–Kier alpha value is -4.92. The van der Waals surface area contributed by atoms with Gasteiger partial charge in [0.15, 0.2) is 11.5 Å². The van der Waals surface area contributed by atoms with Crippen LogP contribution in [0.4, 0.5) is 0 Å². The summed E-state index contributed by atoms with van der Waals surface area (Å²) in [6.45, 7) is 0.244. The number of hydrogen-bond donors (Lipinski definition) is 0. The van der Waals surface area contributed by atoms with Crippen molar-refractivity contribution in [1.82, 2.24) is 14.6 Å². The molecule has 0 fully saturated rings. The molecule has 0 N–H and O–H groups in total. The number of nitrogens with zero attached hydrogens (tertiary/aromatic N) is 6. The number of halogens is 1. The molecule has 4 aromatic carbocycles. The van der Waals surface area contributed by atoms with Gasteiger partial charge in [0.2, 0.25) is 0 Å². The molecular formula is C31H22ClN6O4PS. The molecule has 0 unspecified atom stereocenters. The number of benzene rings is 4. The smallest absolute Gasteiger partial charge is 0.386 e. The van der Waals surface area contributed by atoms with Crippen molar-refractivity contribution in [3.8, 4) is 28.6 Å². The van der Waals surface area contributed by atoms with E-state index in [9.17, 15) is 4.57 Å². The highest BCUT2D eigenvalue weighted by atomic mass is 35.5. The highest BCUT2D eigenvalue weighted by molar-refractivity contribution is 7.99. The van der Waals surface area contributed by atoms with Crippen molar-refractivity contribution in [2.75, 3.05) is 0 Å². The number of phosphoric ester groups is 1. The van der Waals surface area contributed by atoms with Gasteiger partial charge in [0.25, 0.3) is 0 Å². The lowest BCUT2D eigenvalue weighted by molar-refractivity contribution is 0.298. The van der Waals surface area contributed by atoms with Crippen molar-refractivity contribution in [2.24, 2.45) is 5.11 Å². The molecule has 0 atom stereocenters. The highest BCUT2D eigenvalue weighted by Gasteiger charge is 2.33. The molecule has 13 heteroatoms. The number of phosphoric acid groups is 1. The predicted molar refractivity (Wildman–Crippen MR) is 169 cm³/mol. The van der Waals surface area contributed by atoms with Crippen LogP contribution in [0.3, 0.4) is 0 Å². The van der Waals surface area contributed by atoms with Crippen LogP contribution in [-0.4, -0.2) is 14.6 Å². The Kier molecular flexibility index (Phi) is 8.72. The summed E-state index contributed by atoms with van der Waals surface area (Å²) in [4.78, 5) is 4.73. The first-order valence-electron chi connectivity index (χ1n) is 13.2. The molecule has 218 valence electrons. The van der Waals surface area contributed by atoms with Crippen LogP contribution in [0.5, 0.6) is 17.2 Å². The summed E-state index contributed by atoms with van der Waals surface area (Å²) in [7, 11) is -4.22. The van der Waals surface area contributed by atoms with E-state index in [0.29, 0.717) is 33.6 Å². The number of para-hydroxylation sites is 2. The third-order valence-corrected chi connectivity index (χ3v) is 8.92. The van der Waals surface area contributed by atoms with Gasteiger partial charge in [0.05, 0.1) is 11.6 Å². The summed E-state index contributed by atoms with van der Waals surface area (Å²) in [6, 6.07) is 33.6. The van der Waals surface area contributed by atoms with Gasteiger partial charge in [-0.1, -0.05) is 83.1 Å². The quantitative estimate of drug-likeness (QED) is 0.0597. The van der Waals surface area contributed by atoms with Gasteiger partial charge in [-0.15, -0.1) is 10.2 Å². The largest absolute Gasteiger partial charge is 0.647 e. The van der Waals surface area contributed by atoms with Crippen molar-refractivity contribution in [1.29, 1.82) is 0 Å². The lowest BCUT2D eigenvalue weighted by atomic mass is 10.2. The van der Waals surface area contributed by atoms with Crippen molar-refractivity contribution in [3.63, 3.8) is 0 Å². The van der Waals surface area contributed by atoms with Crippen LogP contribution in [0.25, 0.3) is 27.5 Å². The van der Waals surface area contributed by atoms with Crippen LogP contribution < -0.4 is 13.6 Å². The molecule has 2 aromatic heterocycles. The van der Waals surface area contributed by atoms with Gasteiger partial charge in [-0.3, -0.25) is 4.40 Å². The summed E-state index contributed by atoms with van der Waals surface area (Å²) < 4.78 is 33.2. The summed E-state index contributed by atoms with van der Waals surface area (Å²) in [5, 5.41) is 12.8. The zero-order chi connectivity index (χ0) is 30.4. The molecule has 6 rings (SSSR count). The van der Waals surface area contributed by atoms with E-state index in [2.05, 4.69) is 20.2 Å². The second-order valence-electron chi connectivity index (χ2n) is 9.20. The zero-order valence-electron chi connectivity index (χ0n) is 22.8. The average Bonchev–Trinajstić information content (AvgIpc) is 3.45. The van der Waals surface area contributed by atoms with Gasteiger partial charge in [-0.05, 0) is 71.8 Å². The molecule has 0 saturated carbocycles. The first-order chi connectivity index (χ1) is 21.5. The number of azide groups is 1. The van der Waals surface area contributed by atoms with Crippen molar-refractivity contribution in [3.05, 3.63) is 142 Å². The van der Waals surface area contributed by atoms with Crippen molar-refractivity contribution in [2.45, 2.75) is 16.3 Å². The number of fused-ring (bicyclic) bond motifs is 1. The Morgan fingerprint density at radius 1 is 0.818 bits per heavy atom.